The van der Waals surface area contributed by atoms with Crippen molar-refractivity contribution in [2.75, 3.05) is 11.4 Å². The molecule has 0 radical (unpaired) electrons. The molecule has 0 atom stereocenters. The number of aromatic hydroxyl groups is 1. The maximum Gasteiger partial charge on any atom is 0.409 e. The van der Waals surface area contributed by atoms with Gasteiger partial charge in [-0.3, -0.25) is 4.79 Å². The number of anilines is 1. The summed E-state index contributed by atoms with van der Waals surface area (Å²) in [7, 11) is 0. The Kier molecular flexibility index (Phi) is 4.75. The van der Waals surface area contributed by atoms with E-state index in [9.17, 15) is 36.2 Å². The van der Waals surface area contributed by atoms with E-state index < -0.39 is 30.7 Å². The number of amides is 1. The molecule has 0 bridgehead atoms. The minimum Gasteiger partial charge on any atom is -0.508 e. The molecule has 0 saturated carbocycles. The number of hydrogen-bond acceptors (Lipinski definition) is 2. The Morgan fingerprint density at radius 1 is 1.19 bits per heavy atom. The molecular weight excluding hydrogens is 304 g/mol. The van der Waals surface area contributed by atoms with Crippen LogP contribution in [-0.2, 0) is 4.79 Å². The van der Waals surface area contributed by atoms with Crippen LogP contribution in [0.2, 0.25) is 0 Å². The largest absolute Gasteiger partial charge is 0.508 e. The quantitative estimate of drug-likeness (QED) is 0.868. The number of hydrogen-bond donors (Lipinski definition) is 1. The van der Waals surface area contributed by atoms with Crippen molar-refractivity contribution in [2.45, 2.75) is 19.3 Å². The van der Waals surface area contributed by atoms with Gasteiger partial charge in [0.05, 0.1) is 0 Å². The second kappa shape index (κ2) is 5.82. The van der Waals surface area contributed by atoms with Crippen molar-refractivity contribution in [3.63, 3.8) is 0 Å². The molecule has 0 spiro atoms. The molecule has 1 rings (SSSR count). The van der Waals surface area contributed by atoms with Crippen molar-refractivity contribution in [1.29, 1.82) is 0 Å². The van der Waals surface area contributed by atoms with Gasteiger partial charge in [0, 0.05) is 18.3 Å². The van der Waals surface area contributed by atoms with Gasteiger partial charge in [0.25, 0.3) is 0 Å². The lowest BCUT2D eigenvalue weighted by molar-refractivity contribution is -0.273. The smallest absolute Gasteiger partial charge is 0.409 e. The van der Waals surface area contributed by atoms with E-state index in [0.29, 0.717) is 4.90 Å². The number of phenolic OH excluding ortho intramolecular Hbond substituents is 1. The van der Waals surface area contributed by atoms with Gasteiger partial charge >= 0.3 is 12.4 Å². The van der Waals surface area contributed by atoms with Crippen molar-refractivity contribution in [1.82, 2.24) is 0 Å². The fourth-order valence-corrected chi connectivity index (χ4v) is 1.75. The van der Waals surface area contributed by atoms with E-state index in [0.717, 1.165) is 12.1 Å². The zero-order valence-electron chi connectivity index (χ0n) is 10.7. The van der Waals surface area contributed by atoms with Crippen molar-refractivity contribution in [3.05, 3.63) is 24.3 Å². The highest BCUT2D eigenvalue weighted by Crippen LogP contribution is 2.41. The third kappa shape index (κ3) is 4.02. The van der Waals surface area contributed by atoms with Gasteiger partial charge in [-0.15, -0.1) is 0 Å². The number of halogens is 6. The molecule has 1 aromatic rings. The van der Waals surface area contributed by atoms with Crippen molar-refractivity contribution in [3.8, 4) is 5.75 Å². The second-order valence-electron chi connectivity index (χ2n) is 4.12. The monoisotopic (exact) mass is 315 g/mol. The lowest BCUT2D eigenvalue weighted by Crippen LogP contribution is -2.49. The average Bonchev–Trinajstić information content (AvgIpc) is 2.25. The van der Waals surface area contributed by atoms with E-state index >= 15 is 0 Å². The van der Waals surface area contributed by atoms with E-state index in [1.54, 1.807) is 0 Å². The number of alkyl halides is 6. The minimum absolute atomic E-state index is 0.249. The molecule has 1 aromatic carbocycles. The standard InChI is InChI=1S/C12H11F6NO2/c1-2-19(7-4-3-5-8(20)6-7)10(21)9(11(13,14)15)12(16,17)18/h3-6,9,20H,2H2,1H3. The van der Waals surface area contributed by atoms with E-state index in [-0.39, 0.29) is 11.4 Å². The summed E-state index contributed by atoms with van der Waals surface area (Å²) in [6, 6.07) is 4.42. The summed E-state index contributed by atoms with van der Waals surface area (Å²) in [5.74, 6) is -6.62. The normalized spacial score (nSPS) is 12.6. The minimum atomic E-state index is -5.75. The average molecular weight is 315 g/mol. The van der Waals surface area contributed by atoms with Crippen LogP contribution >= 0.6 is 0 Å². The SMILES string of the molecule is CCN(C(=O)C(C(F)(F)F)C(F)(F)F)c1cccc(O)c1. The van der Waals surface area contributed by atoms with Crippen LogP contribution in [0.1, 0.15) is 6.92 Å². The van der Waals surface area contributed by atoms with Crippen LogP contribution in [0.3, 0.4) is 0 Å². The molecule has 21 heavy (non-hydrogen) atoms. The van der Waals surface area contributed by atoms with Crippen LogP contribution in [0, 0.1) is 5.92 Å². The van der Waals surface area contributed by atoms with Crippen LogP contribution in [-0.4, -0.2) is 29.9 Å². The van der Waals surface area contributed by atoms with Gasteiger partial charge in [0.15, 0.2) is 0 Å². The molecule has 1 amide bonds. The number of carbonyl (C=O) groups excluding carboxylic acids is 1. The highest BCUT2D eigenvalue weighted by Gasteiger charge is 2.62. The molecule has 0 heterocycles. The summed E-state index contributed by atoms with van der Waals surface area (Å²) in [6.45, 7) is 0.816. The Hall–Kier alpha value is -1.93. The van der Waals surface area contributed by atoms with Gasteiger partial charge in [0.2, 0.25) is 11.8 Å². The summed E-state index contributed by atoms with van der Waals surface area (Å²) in [5, 5.41) is 9.22. The van der Waals surface area contributed by atoms with Crippen LogP contribution in [0.4, 0.5) is 32.0 Å². The van der Waals surface area contributed by atoms with Gasteiger partial charge in [-0.05, 0) is 19.1 Å². The van der Waals surface area contributed by atoms with Gasteiger partial charge in [0.1, 0.15) is 5.75 Å². The number of carbonyl (C=O) groups is 1. The molecule has 9 heteroatoms. The fraction of sp³-hybridized carbons (Fsp3) is 0.417. The summed E-state index contributed by atoms with van der Waals surface area (Å²) in [6.07, 6.45) is -11.5. The molecule has 0 fully saturated rings. The van der Waals surface area contributed by atoms with Crippen molar-refractivity contribution >= 4 is 11.6 Å². The van der Waals surface area contributed by atoms with Crippen molar-refractivity contribution in [2.24, 2.45) is 5.92 Å². The topological polar surface area (TPSA) is 40.5 Å². The van der Waals surface area contributed by atoms with E-state index in [4.69, 9.17) is 0 Å². The lowest BCUT2D eigenvalue weighted by Gasteiger charge is -2.28. The molecule has 1 N–H and O–H groups in total. The first-order chi connectivity index (χ1) is 9.48. The third-order valence-corrected chi connectivity index (χ3v) is 2.63. The van der Waals surface area contributed by atoms with E-state index in [1.165, 1.54) is 19.1 Å². The first kappa shape index (κ1) is 17.1. The highest BCUT2D eigenvalue weighted by molar-refractivity contribution is 5.96. The van der Waals surface area contributed by atoms with Gasteiger partial charge < -0.3 is 10.0 Å². The third-order valence-electron chi connectivity index (χ3n) is 2.63. The molecule has 0 saturated heterocycles. The first-order valence-electron chi connectivity index (χ1n) is 5.72. The molecular formula is C12H11F6NO2. The van der Waals surface area contributed by atoms with Crippen LogP contribution < -0.4 is 4.90 Å². The number of nitrogens with zero attached hydrogens (tertiary/aromatic N) is 1. The molecule has 0 aromatic heterocycles. The Balaban J connectivity index is 3.23. The molecule has 0 aliphatic rings. The second-order valence-corrected chi connectivity index (χ2v) is 4.12. The number of phenols is 1. The maximum atomic E-state index is 12.5. The Morgan fingerprint density at radius 2 is 1.71 bits per heavy atom. The molecule has 0 aliphatic carbocycles. The lowest BCUT2D eigenvalue weighted by atomic mass is 10.1. The van der Waals surface area contributed by atoms with Crippen LogP contribution in [0.5, 0.6) is 5.75 Å². The van der Waals surface area contributed by atoms with Gasteiger partial charge in [-0.2, -0.15) is 26.3 Å². The Bertz CT molecular complexity index is 497. The zero-order chi connectivity index (χ0) is 16.4. The zero-order valence-corrected chi connectivity index (χ0v) is 10.7. The van der Waals surface area contributed by atoms with Gasteiger partial charge in [-0.25, -0.2) is 0 Å². The summed E-state index contributed by atoms with van der Waals surface area (Å²) >= 11 is 0. The Labute approximate surface area is 115 Å². The predicted molar refractivity (Wildman–Crippen MR) is 61.7 cm³/mol. The molecule has 118 valence electrons. The Morgan fingerprint density at radius 3 is 2.10 bits per heavy atom. The van der Waals surface area contributed by atoms with Crippen molar-refractivity contribution < 1.29 is 36.2 Å². The van der Waals surface area contributed by atoms with Crippen LogP contribution in [0.15, 0.2) is 24.3 Å². The molecule has 3 nitrogen and oxygen atoms in total. The molecule has 0 unspecified atom stereocenters. The number of benzene rings is 1. The fourth-order valence-electron chi connectivity index (χ4n) is 1.75. The van der Waals surface area contributed by atoms with Gasteiger partial charge in [-0.1, -0.05) is 6.07 Å². The number of rotatable bonds is 3. The van der Waals surface area contributed by atoms with E-state index in [2.05, 4.69) is 0 Å². The van der Waals surface area contributed by atoms with Crippen LogP contribution in [0.25, 0.3) is 0 Å². The summed E-state index contributed by atoms with van der Waals surface area (Å²) < 4.78 is 75.2. The molecule has 0 aliphatic heterocycles. The predicted octanol–water partition coefficient (Wildman–Crippen LogP) is 3.49. The first-order valence-corrected chi connectivity index (χ1v) is 5.72. The highest BCUT2D eigenvalue weighted by atomic mass is 19.4. The van der Waals surface area contributed by atoms with E-state index in [1.807, 2.05) is 0 Å². The maximum absolute atomic E-state index is 12.5. The summed E-state index contributed by atoms with van der Waals surface area (Å²) in [5.41, 5.74) is -0.249. The summed E-state index contributed by atoms with van der Waals surface area (Å²) in [4.78, 5) is 12.0.